The van der Waals surface area contributed by atoms with E-state index in [1.54, 1.807) is 28.0 Å². The number of carbonyl (C=O) groups excluding carboxylic acids is 3. The molecule has 2 fully saturated rings. The van der Waals surface area contributed by atoms with Crippen LogP contribution in [0.25, 0.3) is 0 Å². The molecule has 2 atom stereocenters. The predicted molar refractivity (Wildman–Crippen MR) is 104 cm³/mol. The van der Waals surface area contributed by atoms with Crippen LogP contribution in [0.5, 0.6) is 0 Å². The van der Waals surface area contributed by atoms with Crippen molar-refractivity contribution in [2.24, 2.45) is 11.8 Å². The smallest absolute Gasteiger partial charge is 0.255 e. The first-order valence-corrected chi connectivity index (χ1v) is 9.93. The fourth-order valence-corrected chi connectivity index (χ4v) is 3.65. The van der Waals surface area contributed by atoms with Gasteiger partial charge in [-0.2, -0.15) is 0 Å². The number of nitrogens with zero attached hydrogens (tertiary/aromatic N) is 2. The van der Waals surface area contributed by atoms with Gasteiger partial charge in [-0.25, -0.2) is 0 Å². The Hall–Kier alpha value is -1.79. The predicted octanol–water partition coefficient (Wildman–Crippen LogP) is 2.44. The molecule has 3 rings (SSSR count). The highest BCUT2D eigenvalue weighted by Gasteiger charge is 2.38. The average Bonchev–Trinajstić information content (AvgIpc) is 3.40. The molecule has 1 aromatic rings. The highest BCUT2D eigenvalue weighted by molar-refractivity contribution is 6.43. The topological polar surface area (TPSA) is 69.7 Å². The Labute approximate surface area is 168 Å². The van der Waals surface area contributed by atoms with Crippen molar-refractivity contribution in [3.8, 4) is 0 Å². The van der Waals surface area contributed by atoms with Crippen molar-refractivity contribution >= 4 is 40.9 Å². The van der Waals surface area contributed by atoms with Crippen LogP contribution < -0.4 is 5.32 Å². The second kappa shape index (κ2) is 8.48. The molecular formula is C19H23Cl2N3O3. The van der Waals surface area contributed by atoms with Gasteiger partial charge in [-0.15, -0.1) is 0 Å². The Kier molecular flexibility index (Phi) is 6.27. The molecule has 0 radical (unpaired) electrons. The molecule has 27 heavy (non-hydrogen) atoms. The second-order valence-corrected chi connectivity index (χ2v) is 7.92. The molecule has 1 saturated carbocycles. The van der Waals surface area contributed by atoms with Crippen LogP contribution in [0.3, 0.4) is 0 Å². The molecule has 146 valence electrons. The zero-order chi connectivity index (χ0) is 19.6. The van der Waals surface area contributed by atoms with Crippen LogP contribution in [0.15, 0.2) is 18.2 Å². The Morgan fingerprint density at radius 1 is 1.11 bits per heavy atom. The molecule has 0 bridgehead atoms. The fraction of sp³-hybridized carbons (Fsp3) is 0.526. The van der Waals surface area contributed by atoms with Crippen LogP contribution in [-0.4, -0.2) is 60.2 Å². The summed E-state index contributed by atoms with van der Waals surface area (Å²) in [6.07, 6.45) is 1.22. The first-order valence-electron chi connectivity index (χ1n) is 9.17. The van der Waals surface area contributed by atoms with Gasteiger partial charge >= 0.3 is 0 Å². The Balaban J connectivity index is 1.44. The lowest BCUT2D eigenvalue weighted by Crippen LogP contribution is -2.51. The molecule has 3 amide bonds. The average molecular weight is 412 g/mol. The van der Waals surface area contributed by atoms with Gasteiger partial charge in [0.25, 0.3) is 5.91 Å². The lowest BCUT2D eigenvalue weighted by Gasteiger charge is -2.35. The number of hydrogen-bond acceptors (Lipinski definition) is 3. The van der Waals surface area contributed by atoms with Crippen molar-refractivity contribution in [2.45, 2.75) is 19.8 Å². The molecule has 1 aromatic carbocycles. The Morgan fingerprint density at radius 3 is 2.37 bits per heavy atom. The van der Waals surface area contributed by atoms with Gasteiger partial charge in [0.2, 0.25) is 11.8 Å². The molecule has 0 spiro atoms. The van der Waals surface area contributed by atoms with E-state index in [9.17, 15) is 14.4 Å². The van der Waals surface area contributed by atoms with Gasteiger partial charge in [0.15, 0.2) is 0 Å². The molecule has 1 aliphatic heterocycles. The van der Waals surface area contributed by atoms with Crippen LogP contribution in [0.2, 0.25) is 10.0 Å². The highest BCUT2D eigenvalue weighted by atomic mass is 35.5. The second-order valence-electron chi connectivity index (χ2n) is 7.13. The summed E-state index contributed by atoms with van der Waals surface area (Å²) < 4.78 is 0. The molecule has 1 heterocycles. The van der Waals surface area contributed by atoms with E-state index in [2.05, 4.69) is 5.32 Å². The third kappa shape index (κ3) is 4.74. The van der Waals surface area contributed by atoms with Gasteiger partial charge < -0.3 is 15.1 Å². The minimum Gasteiger partial charge on any atom is -0.355 e. The minimum atomic E-state index is -0.180. The number of hydrogen-bond donors (Lipinski definition) is 1. The molecule has 6 nitrogen and oxygen atoms in total. The van der Waals surface area contributed by atoms with Crippen LogP contribution >= 0.6 is 23.2 Å². The van der Waals surface area contributed by atoms with Crippen molar-refractivity contribution in [1.82, 2.24) is 15.1 Å². The molecule has 1 N–H and O–H groups in total. The lowest BCUT2D eigenvalue weighted by atomic mass is 10.1. The minimum absolute atomic E-state index is 0.00738. The molecule has 1 aliphatic carbocycles. The number of nitrogens with one attached hydrogen (secondary N) is 1. The number of halogens is 2. The summed E-state index contributed by atoms with van der Waals surface area (Å²) >= 11 is 12.1. The van der Waals surface area contributed by atoms with Crippen LogP contribution in [-0.2, 0) is 9.59 Å². The van der Waals surface area contributed by atoms with Gasteiger partial charge in [-0.1, -0.05) is 36.2 Å². The van der Waals surface area contributed by atoms with Crippen LogP contribution in [0.4, 0.5) is 0 Å². The van der Waals surface area contributed by atoms with E-state index in [-0.39, 0.29) is 35.1 Å². The number of piperazine rings is 1. The number of rotatable bonds is 5. The normalized spacial score (nSPS) is 21.7. The Bertz CT molecular complexity index is 748. The summed E-state index contributed by atoms with van der Waals surface area (Å²) in [7, 11) is 0. The van der Waals surface area contributed by atoms with Gasteiger partial charge in [-0.3, -0.25) is 14.4 Å². The van der Waals surface area contributed by atoms with Crippen LogP contribution in [0, 0.1) is 11.8 Å². The van der Waals surface area contributed by atoms with Crippen molar-refractivity contribution < 1.29 is 14.4 Å². The summed E-state index contributed by atoms with van der Waals surface area (Å²) in [5, 5.41) is 3.43. The van der Waals surface area contributed by atoms with Crippen molar-refractivity contribution in [3.63, 3.8) is 0 Å². The van der Waals surface area contributed by atoms with Gasteiger partial charge in [-0.05, 0) is 24.5 Å². The van der Waals surface area contributed by atoms with Crippen molar-refractivity contribution in [3.05, 3.63) is 33.8 Å². The van der Waals surface area contributed by atoms with Gasteiger partial charge in [0, 0.05) is 45.1 Å². The number of amides is 3. The fourth-order valence-electron chi connectivity index (χ4n) is 3.27. The van der Waals surface area contributed by atoms with Crippen LogP contribution in [0.1, 0.15) is 30.1 Å². The summed E-state index contributed by atoms with van der Waals surface area (Å²) in [5.41, 5.74) is 0.376. The van der Waals surface area contributed by atoms with Gasteiger partial charge in [0.1, 0.15) is 0 Å². The van der Waals surface area contributed by atoms with Crippen molar-refractivity contribution in [1.29, 1.82) is 0 Å². The molecule has 0 aromatic heterocycles. The SMILES string of the molecule is C[C@@H]1C[C@H]1C(=O)NCCC(=O)N1CCN(C(=O)c2cccc(Cl)c2Cl)CC1. The quantitative estimate of drug-likeness (QED) is 0.808. The first-order chi connectivity index (χ1) is 12.9. The zero-order valence-electron chi connectivity index (χ0n) is 15.2. The monoisotopic (exact) mass is 411 g/mol. The largest absolute Gasteiger partial charge is 0.355 e. The van der Waals surface area contributed by atoms with E-state index in [1.807, 2.05) is 6.92 Å². The molecule has 8 heteroatoms. The summed E-state index contributed by atoms with van der Waals surface area (Å²) in [5.74, 6) is 0.434. The lowest BCUT2D eigenvalue weighted by molar-refractivity contribution is -0.132. The first kappa shape index (κ1) is 20.0. The summed E-state index contributed by atoms with van der Waals surface area (Å²) in [6.45, 7) is 4.23. The van der Waals surface area contributed by atoms with Gasteiger partial charge in [0.05, 0.1) is 15.6 Å². The number of carbonyl (C=O) groups is 3. The van der Waals surface area contributed by atoms with Crippen molar-refractivity contribution in [2.75, 3.05) is 32.7 Å². The maximum Gasteiger partial charge on any atom is 0.255 e. The summed E-state index contributed by atoms with van der Waals surface area (Å²) in [6, 6.07) is 4.98. The number of benzene rings is 1. The maximum absolute atomic E-state index is 12.6. The van der Waals surface area contributed by atoms with E-state index in [4.69, 9.17) is 23.2 Å². The Morgan fingerprint density at radius 2 is 1.74 bits per heavy atom. The van der Waals surface area contributed by atoms with E-state index < -0.39 is 0 Å². The zero-order valence-corrected chi connectivity index (χ0v) is 16.7. The van der Waals surface area contributed by atoms with E-state index in [1.165, 1.54) is 0 Å². The maximum atomic E-state index is 12.6. The van der Waals surface area contributed by atoms with E-state index in [0.29, 0.717) is 49.2 Å². The third-order valence-electron chi connectivity index (χ3n) is 5.19. The van der Waals surface area contributed by atoms with E-state index >= 15 is 0 Å². The molecular weight excluding hydrogens is 389 g/mol. The van der Waals surface area contributed by atoms with E-state index in [0.717, 1.165) is 6.42 Å². The third-order valence-corrected chi connectivity index (χ3v) is 6.00. The molecule has 1 saturated heterocycles. The summed E-state index contributed by atoms with van der Waals surface area (Å²) in [4.78, 5) is 40.1. The molecule has 0 unspecified atom stereocenters. The molecule has 2 aliphatic rings. The highest BCUT2D eigenvalue weighted by Crippen LogP contribution is 2.37. The standard InChI is InChI=1S/C19H23Cl2N3O3/c1-12-11-14(12)18(26)22-6-5-16(25)23-7-9-24(10-8-23)19(27)13-3-2-4-15(20)17(13)21/h2-4,12,14H,5-11H2,1H3,(H,22,26)/t12-,14-/m1/s1.